The maximum Gasteiger partial charge on any atom is 0.233 e. The van der Waals surface area contributed by atoms with E-state index in [1.807, 2.05) is 37.3 Å². The maximum atomic E-state index is 5.64. The molecule has 0 saturated carbocycles. The van der Waals surface area contributed by atoms with Gasteiger partial charge in [-0.15, -0.1) is 11.3 Å². The van der Waals surface area contributed by atoms with E-state index in [1.54, 1.807) is 11.3 Å². The largest absolute Gasteiger partial charge is 0.494 e. The molecule has 2 heterocycles. The number of hydrogen-bond acceptors (Lipinski definition) is 9. The second kappa shape index (κ2) is 10.7. The van der Waals surface area contributed by atoms with Crippen LogP contribution in [0.25, 0.3) is 10.2 Å². The van der Waals surface area contributed by atoms with E-state index in [9.17, 15) is 0 Å². The van der Waals surface area contributed by atoms with E-state index >= 15 is 0 Å². The third-order valence-electron chi connectivity index (χ3n) is 5.97. The van der Waals surface area contributed by atoms with Crippen LogP contribution in [0.4, 0.5) is 23.3 Å². The number of anilines is 4. The summed E-state index contributed by atoms with van der Waals surface area (Å²) in [5.74, 6) is 1.77. The predicted molar refractivity (Wildman–Crippen MR) is 153 cm³/mol. The van der Waals surface area contributed by atoms with Crippen LogP contribution < -0.4 is 15.4 Å². The van der Waals surface area contributed by atoms with Crippen LogP contribution in [0, 0.1) is 27.7 Å². The van der Waals surface area contributed by atoms with Crippen molar-refractivity contribution in [1.29, 1.82) is 0 Å². The molecule has 37 heavy (non-hydrogen) atoms. The third kappa shape index (κ3) is 6.00. The molecule has 9 heteroatoms. The number of thiazole rings is 1. The van der Waals surface area contributed by atoms with Gasteiger partial charge in [0.1, 0.15) is 5.75 Å². The monoisotopic (exact) mass is 528 g/mol. The number of aryl methyl sites for hydroxylation is 4. The van der Waals surface area contributed by atoms with Gasteiger partial charge >= 0.3 is 0 Å². The molecular weight excluding hydrogens is 500 g/mol. The van der Waals surface area contributed by atoms with Crippen molar-refractivity contribution >= 4 is 56.6 Å². The highest BCUT2D eigenvalue weighted by molar-refractivity contribution is 8.01. The number of fused-ring (bicyclic) bond motifs is 1. The molecule has 0 aliphatic heterocycles. The first-order chi connectivity index (χ1) is 17.9. The fourth-order valence-corrected chi connectivity index (χ4v) is 5.62. The van der Waals surface area contributed by atoms with Crippen LogP contribution in [0.2, 0.25) is 0 Å². The molecule has 7 nitrogen and oxygen atoms in total. The van der Waals surface area contributed by atoms with Crippen molar-refractivity contribution in [1.82, 2.24) is 19.9 Å². The Morgan fingerprint density at radius 3 is 1.92 bits per heavy atom. The highest BCUT2D eigenvalue weighted by atomic mass is 32.2. The zero-order valence-corrected chi connectivity index (χ0v) is 23.0. The molecule has 0 radical (unpaired) electrons. The molecule has 0 saturated heterocycles. The van der Waals surface area contributed by atoms with Crippen molar-refractivity contribution in [3.63, 3.8) is 0 Å². The average molecular weight is 529 g/mol. The van der Waals surface area contributed by atoms with Gasteiger partial charge in [-0.05, 0) is 111 Å². The number of hydrogen-bond donors (Lipinski definition) is 2. The Morgan fingerprint density at radius 2 is 1.35 bits per heavy atom. The molecule has 0 aliphatic carbocycles. The van der Waals surface area contributed by atoms with Gasteiger partial charge in [-0.25, -0.2) is 4.98 Å². The molecule has 0 atom stereocenters. The molecule has 5 aromatic rings. The highest BCUT2D eigenvalue weighted by Crippen LogP contribution is 2.35. The summed E-state index contributed by atoms with van der Waals surface area (Å²) in [6.07, 6.45) is 0. The SMILES string of the molecule is CCOc1ccc2nc(Sc3nc(Nc4ccc(C)c(C)c4)nc(Nc4ccc(C)c(C)c4)n3)sc2c1. The van der Waals surface area contributed by atoms with Gasteiger partial charge in [-0.3, -0.25) is 0 Å². The maximum absolute atomic E-state index is 5.64. The summed E-state index contributed by atoms with van der Waals surface area (Å²) in [5, 5.41) is 7.24. The first kappa shape index (κ1) is 25.0. The summed E-state index contributed by atoms with van der Waals surface area (Å²) < 4.78 is 7.55. The fraction of sp³-hybridized carbons (Fsp3) is 0.214. The van der Waals surface area contributed by atoms with Gasteiger partial charge in [-0.2, -0.15) is 15.0 Å². The van der Waals surface area contributed by atoms with Gasteiger partial charge in [0, 0.05) is 11.4 Å². The van der Waals surface area contributed by atoms with Gasteiger partial charge in [0.15, 0.2) is 4.34 Å². The van der Waals surface area contributed by atoms with Gasteiger partial charge < -0.3 is 15.4 Å². The molecule has 0 unspecified atom stereocenters. The summed E-state index contributed by atoms with van der Waals surface area (Å²) in [6.45, 7) is 11.0. The summed E-state index contributed by atoms with van der Waals surface area (Å²) in [6, 6.07) is 18.3. The first-order valence-electron chi connectivity index (χ1n) is 12.0. The quantitative estimate of drug-likeness (QED) is 0.211. The van der Waals surface area contributed by atoms with Crippen LogP contribution in [0.1, 0.15) is 29.2 Å². The molecule has 0 amide bonds. The van der Waals surface area contributed by atoms with E-state index in [0.717, 1.165) is 31.7 Å². The van der Waals surface area contributed by atoms with Crippen molar-refractivity contribution in [3.8, 4) is 5.75 Å². The number of ether oxygens (including phenoxy) is 1. The Labute approximate surface area is 224 Å². The van der Waals surface area contributed by atoms with Crippen molar-refractivity contribution in [3.05, 3.63) is 76.9 Å². The predicted octanol–water partition coefficient (Wildman–Crippen LogP) is 7.75. The zero-order valence-electron chi connectivity index (χ0n) is 21.4. The van der Waals surface area contributed by atoms with Crippen LogP contribution in [0.5, 0.6) is 5.75 Å². The molecule has 0 spiro atoms. The molecule has 2 N–H and O–H groups in total. The Balaban J connectivity index is 1.47. The highest BCUT2D eigenvalue weighted by Gasteiger charge is 2.13. The lowest BCUT2D eigenvalue weighted by Crippen LogP contribution is -2.05. The third-order valence-corrected chi connectivity index (χ3v) is 7.91. The smallest absolute Gasteiger partial charge is 0.233 e. The fourth-order valence-electron chi connectivity index (χ4n) is 3.67. The Hall–Kier alpha value is -3.69. The van der Waals surface area contributed by atoms with Gasteiger partial charge in [-0.1, -0.05) is 12.1 Å². The summed E-state index contributed by atoms with van der Waals surface area (Å²) in [4.78, 5) is 18.8. The van der Waals surface area contributed by atoms with Crippen LogP contribution in [0.15, 0.2) is 64.1 Å². The van der Waals surface area contributed by atoms with E-state index in [-0.39, 0.29) is 0 Å². The zero-order chi connectivity index (χ0) is 25.9. The Bertz CT molecular complexity index is 1510. The van der Waals surface area contributed by atoms with E-state index in [2.05, 4.69) is 67.6 Å². The second-order valence-electron chi connectivity index (χ2n) is 8.76. The van der Waals surface area contributed by atoms with Gasteiger partial charge in [0.25, 0.3) is 0 Å². The summed E-state index contributed by atoms with van der Waals surface area (Å²) >= 11 is 3.01. The molecule has 0 bridgehead atoms. The first-order valence-corrected chi connectivity index (χ1v) is 13.7. The number of nitrogens with zero attached hydrogens (tertiary/aromatic N) is 4. The van der Waals surface area contributed by atoms with Crippen molar-refractivity contribution in [2.75, 3.05) is 17.2 Å². The lowest BCUT2D eigenvalue weighted by molar-refractivity contribution is 0.341. The average Bonchev–Trinajstić information content (AvgIpc) is 3.25. The Morgan fingerprint density at radius 1 is 0.730 bits per heavy atom. The molecule has 0 fully saturated rings. The number of benzene rings is 3. The minimum atomic E-state index is 0.465. The van der Waals surface area contributed by atoms with Gasteiger partial charge in [0.2, 0.25) is 17.1 Å². The topological polar surface area (TPSA) is 84.9 Å². The van der Waals surface area contributed by atoms with Crippen molar-refractivity contribution in [2.24, 2.45) is 0 Å². The minimum Gasteiger partial charge on any atom is -0.494 e. The molecule has 188 valence electrons. The van der Waals surface area contributed by atoms with Gasteiger partial charge in [0.05, 0.1) is 16.8 Å². The standard InChI is InChI=1S/C28H28N6OS2/c1-6-35-22-11-12-23-24(15-22)36-28(31-23)37-27-33-25(29-20-9-7-16(2)18(4)13-20)32-26(34-27)30-21-10-8-17(3)19(5)14-21/h7-15H,6H2,1-5H3,(H2,29,30,32,33,34). The van der Waals surface area contributed by atoms with E-state index in [0.29, 0.717) is 23.7 Å². The van der Waals surface area contributed by atoms with Crippen LogP contribution >= 0.6 is 23.1 Å². The Kier molecular flexibility index (Phi) is 7.25. The van der Waals surface area contributed by atoms with Crippen LogP contribution in [0.3, 0.4) is 0 Å². The molecular formula is C28H28N6OS2. The number of nitrogens with one attached hydrogen (secondary N) is 2. The minimum absolute atomic E-state index is 0.465. The molecule has 0 aliphatic rings. The van der Waals surface area contributed by atoms with Crippen LogP contribution in [-0.2, 0) is 0 Å². The normalized spacial score (nSPS) is 11.1. The van der Waals surface area contributed by atoms with Crippen molar-refractivity contribution in [2.45, 2.75) is 44.1 Å². The summed E-state index contributed by atoms with van der Waals surface area (Å²) in [7, 11) is 0. The van der Waals surface area contributed by atoms with E-state index < -0.39 is 0 Å². The second-order valence-corrected chi connectivity index (χ2v) is 11.0. The lowest BCUT2D eigenvalue weighted by atomic mass is 10.1. The van der Waals surface area contributed by atoms with Crippen LogP contribution in [-0.4, -0.2) is 26.5 Å². The number of aromatic nitrogens is 4. The van der Waals surface area contributed by atoms with E-state index in [1.165, 1.54) is 34.0 Å². The van der Waals surface area contributed by atoms with Crippen molar-refractivity contribution < 1.29 is 4.74 Å². The lowest BCUT2D eigenvalue weighted by Gasteiger charge is -2.11. The number of rotatable bonds is 8. The van der Waals surface area contributed by atoms with E-state index in [4.69, 9.17) is 19.7 Å². The summed E-state index contributed by atoms with van der Waals surface area (Å²) in [5.41, 5.74) is 7.63. The molecule has 3 aromatic carbocycles. The molecule has 5 rings (SSSR count). The molecule has 2 aromatic heterocycles.